The first-order valence-electron chi connectivity index (χ1n) is 10.5. The van der Waals surface area contributed by atoms with Crippen molar-refractivity contribution in [3.05, 3.63) is 56.9 Å². The van der Waals surface area contributed by atoms with Crippen LogP contribution in [-0.2, 0) is 14.3 Å². The lowest BCUT2D eigenvalue weighted by atomic mass is 9.92. The smallest absolute Gasteiger partial charge is 0.303 e. The van der Waals surface area contributed by atoms with Crippen LogP contribution >= 0.6 is 22.6 Å². The van der Waals surface area contributed by atoms with Crippen molar-refractivity contribution in [3.63, 3.8) is 0 Å². The number of carbonyl (C=O) groups excluding carboxylic acids is 2. The Labute approximate surface area is 209 Å². The number of anilines is 2. The molecule has 1 aliphatic rings. The zero-order chi connectivity index (χ0) is 25.0. The molecular formula is C23H25F3IN3O4. The molecule has 1 atom stereocenters. The van der Waals surface area contributed by atoms with E-state index in [1.54, 1.807) is 13.2 Å². The molecule has 0 bridgehead atoms. The number of benzene rings is 2. The summed E-state index contributed by atoms with van der Waals surface area (Å²) in [5.74, 6) is -4.27. The lowest BCUT2D eigenvalue weighted by Gasteiger charge is -2.49. The summed E-state index contributed by atoms with van der Waals surface area (Å²) in [6, 6.07) is 6.14. The summed E-state index contributed by atoms with van der Waals surface area (Å²) in [5, 5.41) is 5.71. The fourth-order valence-corrected chi connectivity index (χ4v) is 4.18. The van der Waals surface area contributed by atoms with E-state index in [4.69, 9.17) is 9.47 Å². The standard InChI is InChI=1S/C23H25F3IN3O4/c1-13(9-33-3)28-10-23(34-14(2)31)11-30(12-23)22(32)16-5-6-17(24)20(26)21(16)29-19-7-4-15(27)8-18(19)25/h4-8,13,28-29H,9-12H2,1-3H3. The van der Waals surface area contributed by atoms with Gasteiger partial charge in [0.15, 0.2) is 17.2 Å². The van der Waals surface area contributed by atoms with Crippen LogP contribution in [0.25, 0.3) is 0 Å². The molecule has 34 heavy (non-hydrogen) atoms. The number of amides is 1. The summed E-state index contributed by atoms with van der Waals surface area (Å²) in [7, 11) is 1.57. The van der Waals surface area contributed by atoms with Gasteiger partial charge in [0.2, 0.25) is 0 Å². The molecule has 3 rings (SSSR count). The molecule has 0 aliphatic carbocycles. The van der Waals surface area contributed by atoms with Crippen LogP contribution in [0, 0.1) is 21.0 Å². The number of esters is 1. The van der Waals surface area contributed by atoms with E-state index >= 15 is 0 Å². The highest BCUT2D eigenvalue weighted by Gasteiger charge is 2.48. The molecule has 1 unspecified atom stereocenters. The fourth-order valence-electron chi connectivity index (χ4n) is 3.73. The first-order valence-corrected chi connectivity index (χ1v) is 11.5. The van der Waals surface area contributed by atoms with E-state index in [9.17, 15) is 22.8 Å². The van der Waals surface area contributed by atoms with Crippen molar-refractivity contribution in [1.82, 2.24) is 10.2 Å². The van der Waals surface area contributed by atoms with Crippen molar-refractivity contribution in [2.75, 3.05) is 38.7 Å². The molecule has 1 heterocycles. The minimum absolute atomic E-state index is 0.0204. The summed E-state index contributed by atoms with van der Waals surface area (Å²) >= 11 is 1.92. The van der Waals surface area contributed by atoms with Gasteiger partial charge in [0.1, 0.15) is 5.82 Å². The highest BCUT2D eigenvalue weighted by Crippen LogP contribution is 2.33. The van der Waals surface area contributed by atoms with Crippen molar-refractivity contribution in [3.8, 4) is 0 Å². The normalized spacial score (nSPS) is 15.4. The lowest BCUT2D eigenvalue weighted by molar-refractivity contribution is -0.172. The number of nitrogens with zero attached hydrogens (tertiary/aromatic N) is 1. The van der Waals surface area contributed by atoms with Crippen LogP contribution in [0.1, 0.15) is 24.2 Å². The molecule has 1 fully saturated rings. The zero-order valence-electron chi connectivity index (χ0n) is 18.9. The predicted molar refractivity (Wildman–Crippen MR) is 128 cm³/mol. The van der Waals surface area contributed by atoms with Gasteiger partial charge in [-0.25, -0.2) is 13.2 Å². The molecule has 1 saturated heterocycles. The van der Waals surface area contributed by atoms with E-state index in [0.29, 0.717) is 10.2 Å². The second-order valence-corrected chi connectivity index (χ2v) is 9.45. The second kappa shape index (κ2) is 10.9. The third-order valence-corrected chi connectivity index (χ3v) is 5.98. The number of methoxy groups -OCH3 is 1. The Kier molecular flexibility index (Phi) is 8.42. The molecule has 7 nitrogen and oxygen atoms in total. The highest BCUT2D eigenvalue weighted by atomic mass is 127. The van der Waals surface area contributed by atoms with Crippen molar-refractivity contribution in [1.29, 1.82) is 0 Å². The number of hydrogen-bond donors (Lipinski definition) is 2. The first kappa shape index (κ1) is 26.2. The second-order valence-electron chi connectivity index (χ2n) is 8.21. The van der Waals surface area contributed by atoms with Crippen molar-refractivity contribution in [2.24, 2.45) is 0 Å². The van der Waals surface area contributed by atoms with Gasteiger partial charge in [-0.3, -0.25) is 9.59 Å². The van der Waals surface area contributed by atoms with E-state index in [1.165, 1.54) is 24.0 Å². The molecular weight excluding hydrogens is 566 g/mol. The Morgan fingerprint density at radius 1 is 1.18 bits per heavy atom. The van der Waals surface area contributed by atoms with Crippen molar-refractivity contribution in [2.45, 2.75) is 25.5 Å². The largest absolute Gasteiger partial charge is 0.454 e. The molecule has 0 radical (unpaired) electrons. The van der Waals surface area contributed by atoms with Crippen LogP contribution in [0.2, 0.25) is 0 Å². The number of halogens is 4. The molecule has 1 aliphatic heterocycles. The third-order valence-electron chi connectivity index (χ3n) is 5.31. The van der Waals surface area contributed by atoms with Crippen LogP contribution in [0.5, 0.6) is 0 Å². The number of rotatable bonds is 9. The van der Waals surface area contributed by atoms with E-state index in [1.807, 2.05) is 29.5 Å². The number of hydrogen-bond acceptors (Lipinski definition) is 6. The molecule has 2 aromatic rings. The van der Waals surface area contributed by atoms with Crippen molar-refractivity contribution < 1.29 is 32.2 Å². The Hall–Kier alpha value is -2.38. The number of carbonyl (C=O) groups is 2. The molecule has 0 aromatic heterocycles. The maximum absolute atomic E-state index is 14.7. The lowest BCUT2D eigenvalue weighted by Crippen LogP contribution is -2.69. The third kappa shape index (κ3) is 5.99. The number of nitrogens with one attached hydrogen (secondary N) is 2. The van der Waals surface area contributed by atoms with Gasteiger partial charge in [0.05, 0.1) is 36.6 Å². The summed E-state index contributed by atoms with van der Waals surface area (Å²) in [4.78, 5) is 26.2. The number of ether oxygens (including phenoxy) is 2. The predicted octanol–water partition coefficient (Wildman–Crippen LogP) is 3.83. The number of likely N-dealkylation sites (tertiary alicyclic amines) is 1. The van der Waals surface area contributed by atoms with E-state index in [0.717, 1.165) is 12.1 Å². The molecule has 1 amide bonds. The van der Waals surface area contributed by atoms with Crippen LogP contribution in [0.3, 0.4) is 0 Å². The Morgan fingerprint density at radius 3 is 2.50 bits per heavy atom. The van der Waals surface area contributed by atoms with Gasteiger partial charge in [0.25, 0.3) is 5.91 Å². The average Bonchev–Trinajstić information content (AvgIpc) is 2.74. The van der Waals surface area contributed by atoms with Gasteiger partial charge in [-0.15, -0.1) is 0 Å². The summed E-state index contributed by atoms with van der Waals surface area (Å²) in [6.07, 6.45) is 0. The molecule has 2 aromatic carbocycles. The molecule has 0 saturated carbocycles. The summed E-state index contributed by atoms with van der Waals surface area (Å²) in [5.41, 5.74) is -1.71. The van der Waals surface area contributed by atoms with E-state index < -0.39 is 40.6 Å². The van der Waals surface area contributed by atoms with Gasteiger partial charge < -0.3 is 25.0 Å². The van der Waals surface area contributed by atoms with Gasteiger partial charge in [-0.05, 0) is 59.8 Å². The maximum Gasteiger partial charge on any atom is 0.303 e. The molecule has 2 N–H and O–H groups in total. The van der Waals surface area contributed by atoms with Crippen LogP contribution in [0.15, 0.2) is 30.3 Å². The zero-order valence-corrected chi connectivity index (χ0v) is 21.0. The fraction of sp³-hybridized carbons (Fsp3) is 0.391. The van der Waals surface area contributed by atoms with E-state index in [2.05, 4.69) is 10.6 Å². The van der Waals surface area contributed by atoms with Gasteiger partial charge in [-0.1, -0.05) is 0 Å². The monoisotopic (exact) mass is 591 g/mol. The Morgan fingerprint density at radius 2 is 1.88 bits per heavy atom. The van der Waals surface area contributed by atoms with Crippen LogP contribution in [-0.4, -0.2) is 61.8 Å². The Bertz CT molecular complexity index is 1080. The first-order chi connectivity index (χ1) is 16.0. The summed E-state index contributed by atoms with van der Waals surface area (Å²) in [6.45, 7) is 3.99. The molecule has 0 spiro atoms. The summed E-state index contributed by atoms with van der Waals surface area (Å²) < 4.78 is 54.2. The van der Waals surface area contributed by atoms with Crippen LogP contribution in [0.4, 0.5) is 24.5 Å². The minimum Gasteiger partial charge on any atom is -0.454 e. The molecule has 11 heteroatoms. The minimum atomic E-state index is -1.30. The van der Waals surface area contributed by atoms with Gasteiger partial charge in [-0.2, -0.15) is 0 Å². The maximum atomic E-state index is 14.7. The van der Waals surface area contributed by atoms with E-state index in [-0.39, 0.29) is 36.9 Å². The highest BCUT2D eigenvalue weighted by molar-refractivity contribution is 14.1. The average molecular weight is 591 g/mol. The van der Waals surface area contributed by atoms with Gasteiger partial charge in [0, 0.05) is 30.2 Å². The van der Waals surface area contributed by atoms with Crippen molar-refractivity contribution >= 4 is 45.8 Å². The van der Waals surface area contributed by atoms with Crippen LogP contribution < -0.4 is 10.6 Å². The topological polar surface area (TPSA) is 79.9 Å². The van der Waals surface area contributed by atoms with Gasteiger partial charge >= 0.3 is 5.97 Å². The SMILES string of the molecule is COCC(C)NCC1(OC(C)=O)CN(C(=O)c2ccc(F)c(F)c2Nc2ccc(I)cc2F)C1. The Balaban J connectivity index is 1.81. The quantitative estimate of drug-likeness (QED) is 0.341. The molecule has 184 valence electrons.